The van der Waals surface area contributed by atoms with Crippen LogP contribution in [0.25, 0.3) is 0 Å². The molecule has 22 heavy (non-hydrogen) atoms. The normalized spacial score (nSPS) is 12.0. The number of unbranched alkanes of at least 4 members (excludes halogenated alkanes) is 1. The third kappa shape index (κ3) is 6.83. The van der Waals surface area contributed by atoms with Gasteiger partial charge in [0.1, 0.15) is 11.5 Å². The van der Waals surface area contributed by atoms with Crippen molar-refractivity contribution < 1.29 is 19.4 Å². The van der Waals surface area contributed by atoms with Crippen molar-refractivity contribution >= 4 is 5.97 Å². The van der Waals surface area contributed by atoms with Crippen LogP contribution in [0.3, 0.4) is 0 Å². The van der Waals surface area contributed by atoms with Gasteiger partial charge in [0.15, 0.2) is 0 Å². The fraction of sp³-hybridized carbons (Fsp3) is 0.611. The summed E-state index contributed by atoms with van der Waals surface area (Å²) in [6, 6.07) is 4.87. The van der Waals surface area contributed by atoms with Gasteiger partial charge in [-0.15, -0.1) is 0 Å². The summed E-state index contributed by atoms with van der Waals surface area (Å²) < 4.78 is 11.3. The highest BCUT2D eigenvalue weighted by Gasteiger charge is 2.09. The lowest BCUT2D eigenvalue weighted by molar-refractivity contribution is 0.0695. The van der Waals surface area contributed by atoms with Crippen LogP contribution in [0, 0.1) is 5.92 Å². The fourth-order valence-electron chi connectivity index (χ4n) is 2.02. The Bertz CT molecular complexity index is 456. The van der Waals surface area contributed by atoms with E-state index in [1.807, 2.05) is 0 Å². The van der Waals surface area contributed by atoms with Gasteiger partial charge in [0, 0.05) is 6.07 Å². The van der Waals surface area contributed by atoms with Crippen LogP contribution in [0.5, 0.6) is 11.5 Å². The van der Waals surface area contributed by atoms with E-state index in [-0.39, 0.29) is 5.56 Å². The second-order valence-electron chi connectivity index (χ2n) is 5.70. The lowest BCUT2D eigenvalue weighted by atomic mass is 10.0. The third-order valence-electron chi connectivity index (χ3n) is 3.70. The van der Waals surface area contributed by atoms with Gasteiger partial charge in [-0.25, -0.2) is 4.79 Å². The molecule has 0 fully saturated rings. The van der Waals surface area contributed by atoms with Crippen LogP contribution in [0.4, 0.5) is 0 Å². The highest BCUT2D eigenvalue weighted by Crippen LogP contribution is 2.24. The second kappa shape index (κ2) is 10.1. The maximum Gasteiger partial charge on any atom is 0.335 e. The lowest BCUT2D eigenvalue weighted by Gasteiger charge is -2.12. The summed E-state index contributed by atoms with van der Waals surface area (Å²) in [6.45, 7) is 7.68. The Morgan fingerprint density at radius 1 is 1.09 bits per heavy atom. The van der Waals surface area contributed by atoms with E-state index in [1.165, 1.54) is 6.42 Å². The molecule has 0 aromatic heterocycles. The zero-order valence-corrected chi connectivity index (χ0v) is 13.9. The maximum absolute atomic E-state index is 11.2. The predicted octanol–water partition coefficient (Wildman–Crippen LogP) is 4.77. The van der Waals surface area contributed by atoms with Crippen molar-refractivity contribution in [2.75, 3.05) is 13.2 Å². The van der Waals surface area contributed by atoms with Crippen LogP contribution in [-0.4, -0.2) is 24.3 Å². The number of benzene rings is 1. The second-order valence-corrected chi connectivity index (χ2v) is 5.70. The molecule has 0 aliphatic carbocycles. The van der Waals surface area contributed by atoms with Crippen molar-refractivity contribution in [1.82, 2.24) is 0 Å². The van der Waals surface area contributed by atoms with Crippen molar-refractivity contribution in [2.45, 2.75) is 52.9 Å². The Morgan fingerprint density at radius 2 is 1.68 bits per heavy atom. The van der Waals surface area contributed by atoms with Crippen LogP contribution >= 0.6 is 0 Å². The van der Waals surface area contributed by atoms with Gasteiger partial charge in [0.2, 0.25) is 0 Å². The average molecular weight is 308 g/mol. The summed E-state index contributed by atoms with van der Waals surface area (Å²) in [7, 11) is 0. The first-order valence-electron chi connectivity index (χ1n) is 8.20. The molecule has 1 atom stereocenters. The minimum Gasteiger partial charge on any atom is -0.493 e. The van der Waals surface area contributed by atoms with Gasteiger partial charge in [-0.2, -0.15) is 0 Å². The molecule has 0 aliphatic heterocycles. The predicted molar refractivity (Wildman–Crippen MR) is 88.0 cm³/mol. The summed E-state index contributed by atoms with van der Waals surface area (Å²) in [5, 5.41) is 9.17. The van der Waals surface area contributed by atoms with E-state index < -0.39 is 5.97 Å². The quantitative estimate of drug-likeness (QED) is 0.598. The summed E-state index contributed by atoms with van der Waals surface area (Å²) in [5.41, 5.74) is 0.200. The zero-order chi connectivity index (χ0) is 16.4. The van der Waals surface area contributed by atoms with E-state index in [1.54, 1.807) is 18.2 Å². The van der Waals surface area contributed by atoms with Crippen molar-refractivity contribution in [1.29, 1.82) is 0 Å². The van der Waals surface area contributed by atoms with E-state index in [9.17, 15) is 9.90 Å². The highest BCUT2D eigenvalue weighted by atomic mass is 16.5. The molecular weight excluding hydrogens is 280 g/mol. The van der Waals surface area contributed by atoms with Gasteiger partial charge >= 0.3 is 5.97 Å². The van der Waals surface area contributed by atoms with Gasteiger partial charge in [0.05, 0.1) is 18.8 Å². The SMILES string of the molecule is CCCCOc1cc(OCCCC(C)CC)cc(C(=O)O)c1. The first-order chi connectivity index (χ1) is 10.6. The number of rotatable bonds is 11. The van der Waals surface area contributed by atoms with Crippen LogP contribution in [0.15, 0.2) is 18.2 Å². The van der Waals surface area contributed by atoms with Gasteiger partial charge < -0.3 is 14.6 Å². The third-order valence-corrected chi connectivity index (χ3v) is 3.70. The lowest BCUT2D eigenvalue weighted by Crippen LogP contribution is -2.04. The Hall–Kier alpha value is -1.71. The van der Waals surface area contributed by atoms with E-state index >= 15 is 0 Å². The first kappa shape index (κ1) is 18.3. The van der Waals surface area contributed by atoms with Crippen molar-refractivity contribution in [2.24, 2.45) is 5.92 Å². The standard InChI is InChI=1S/C18H28O4/c1-4-6-9-21-16-11-15(18(19)20)12-17(13-16)22-10-7-8-14(3)5-2/h11-14H,4-10H2,1-3H3,(H,19,20). The van der Waals surface area contributed by atoms with Crippen molar-refractivity contribution in [3.63, 3.8) is 0 Å². The number of aromatic carboxylic acids is 1. The number of ether oxygens (including phenoxy) is 2. The molecule has 0 bridgehead atoms. The minimum atomic E-state index is -0.967. The van der Waals surface area contributed by atoms with Gasteiger partial charge in [0.25, 0.3) is 0 Å². The van der Waals surface area contributed by atoms with Crippen molar-refractivity contribution in [3.8, 4) is 11.5 Å². The van der Waals surface area contributed by atoms with Gasteiger partial charge in [-0.3, -0.25) is 0 Å². The molecule has 0 spiro atoms. The molecule has 0 radical (unpaired) electrons. The molecular formula is C18H28O4. The van der Waals surface area contributed by atoms with Gasteiger partial charge in [-0.1, -0.05) is 33.6 Å². The number of carboxylic acids is 1. The first-order valence-corrected chi connectivity index (χ1v) is 8.20. The number of hydrogen-bond acceptors (Lipinski definition) is 3. The monoisotopic (exact) mass is 308 g/mol. The molecule has 4 heteroatoms. The molecule has 0 amide bonds. The van der Waals surface area contributed by atoms with Crippen molar-refractivity contribution in [3.05, 3.63) is 23.8 Å². The van der Waals surface area contributed by atoms with Crippen LogP contribution in [-0.2, 0) is 0 Å². The molecule has 1 rings (SSSR count). The van der Waals surface area contributed by atoms with E-state index in [4.69, 9.17) is 9.47 Å². The summed E-state index contributed by atoms with van der Waals surface area (Å²) in [6.07, 6.45) is 5.25. The Labute approximate surface area is 133 Å². The highest BCUT2D eigenvalue weighted by molar-refractivity contribution is 5.88. The van der Waals surface area contributed by atoms with Gasteiger partial charge in [-0.05, 0) is 37.3 Å². The largest absolute Gasteiger partial charge is 0.493 e. The molecule has 124 valence electrons. The van der Waals surface area contributed by atoms with E-state index in [2.05, 4.69) is 20.8 Å². The Balaban J connectivity index is 2.61. The molecule has 0 heterocycles. The fourth-order valence-corrected chi connectivity index (χ4v) is 2.02. The maximum atomic E-state index is 11.2. The summed E-state index contributed by atoms with van der Waals surface area (Å²) in [4.78, 5) is 11.2. The van der Waals surface area contributed by atoms with E-state index in [0.29, 0.717) is 30.6 Å². The summed E-state index contributed by atoms with van der Waals surface area (Å²) >= 11 is 0. The molecule has 0 saturated carbocycles. The molecule has 1 aromatic rings. The number of carboxylic acid groups (broad SMARTS) is 1. The number of carbonyl (C=O) groups is 1. The Kier molecular flexibility index (Phi) is 8.41. The number of hydrogen-bond donors (Lipinski definition) is 1. The minimum absolute atomic E-state index is 0.200. The van der Waals surface area contributed by atoms with E-state index in [0.717, 1.165) is 25.7 Å². The molecule has 4 nitrogen and oxygen atoms in total. The van der Waals surface area contributed by atoms with Crippen LogP contribution in [0.2, 0.25) is 0 Å². The summed E-state index contributed by atoms with van der Waals surface area (Å²) in [5.74, 6) is 0.855. The zero-order valence-electron chi connectivity index (χ0n) is 13.9. The molecule has 1 unspecified atom stereocenters. The molecule has 1 aromatic carbocycles. The smallest absolute Gasteiger partial charge is 0.335 e. The molecule has 0 aliphatic rings. The Morgan fingerprint density at radius 3 is 2.18 bits per heavy atom. The van der Waals surface area contributed by atoms with Crippen LogP contribution in [0.1, 0.15) is 63.2 Å². The molecule has 0 saturated heterocycles. The molecule has 1 N–H and O–H groups in total. The average Bonchev–Trinajstić information content (AvgIpc) is 2.51. The topological polar surface area (TPSA) is 55.8 Å². The van der Waals surface area contributed by atoms with Crippen LogP contribution < -0.4 is 9.47 Å².